The van der Waals surface area contributed by atoms with Crippen LogP contribution in [-0.4, -0.2) is 6.85 Å². The van der Waals surface area contributed by atoms with Crippen LogP contribution in [0.2, 0.25) is 0 Å². The molecule has 1 aromatic heterocycles. The summed E-state index contributed by atoms with van der Waals surface area (Å²) in [7, 11) is 0. The van der Waals surface area contributed by atoms with Gasteiger partial charge in [-0.25, -0.2) is 0 Å². The van der Waals surface area contributed by atoms with E-state index in [0.29, 0.717) is 0 Å². The minimum absolute atomic E-state index is 0.0214. The van der Waals surface area contributed by atoms with E-state index in [2.05, 4.69) is 217 Å². The van der Waals surface area contributed by atoms with Crippen LogP contribution in [0, 0.1) is 13.8 Å². The molecule has 3 nitrogen and oxygen atoms in total. The van der Waals surface area contributed by atoms with Crippen LogP contribution in [0.4, 0.5) is 28.4 Å². The summed E-state index contributed by atoms with van der Waals surface area (Å²) in [6.07, 6.45) is 9.12. The lowest BCUT2D eigenvalue weighted by Crippen LogP contribution is -2.62. The standard InChI is InChI=1S/C66H65BN2O/c1-9-11-21-44-27-30-48(31-28-44)69-57-41-54-53(65(5,6)35-36-66(54,7)8)40-51(57)52-38-47(61-42(3)19-18-20-43(61)4)39-58-63(52)67(69)64-56(33-34-60-62(64)49-25-16-17-26-59(49)70-60)68(58)55-32-29-45(22-12-10-2)37-50(55)46-23-14-13-15-24-46/h13-20,23-34,37-41H,9-12,21-22,35-36H2,1-8H3. The molecule has 3 aliphatic rings. The second-order valence-electron chi connectivity index (χ2n) is 22.1. The van der Waals surface area contributed by atoms with Crippen molar-refractivity contribution in [3.63, 3.8) is 0 Å². The van der Waals surface area contributed by atoms with Gasteiger partial charge in [-0.15, -0.1) is 0 Å². The number of hydrogen-bond acceptors (Lipinski definition) is 3. The van der Waals surface area contributed by atoms with E-state index in [1.165, 1.54) is 124 Å². The highest BCUT2D eigenvalue weighted by molar-refractivity contribution is 6.95. The molecule has 0 saturated carbocycles. The molecule has 0 bridgehead atoms. The van der Waals surface area contributed by atoms with E-state index in [1.807, 2.05) is 0 Å². The van der Waals surface area contributed by atoms with Gasteiger partial charge in [0.25, 0.3) is 0 Å². The first-order valence-electron chi connectivity index (χ1n) is 26.2. The summed E-state index contributed by atoms with van der Waals surface area (Å²) in [6.45, 7) is 18.9. The Balaban J connectivity index is 1.26. The number of benzene rings is 8. The molecule has 70 heavy (non-hydrogen) atoms. The Kier molecular flexibility index (Phi) is 10.8. The molecule has 0 atom stereocenters. The number of nitrogens with zero attached hydrogens (tertiary/aromatic N) is 2. The number of furan rings is 1. The normalized spacial score (nSPS) is 15.2. The second kappa shape index (κ2) is 17.0. The molecule has 12 rings (SSSR count). The van der Waals surface area contributed by atoms with Crippen molar-refractivity contribution in [1.82, 2.24) is 0 Å². The van der Waals surface area contributed by atoms with Crippen molar-refractivity contribution in [3.05, 3.63) is 185 Å². The van der Waals surface area contributed by atoms with Crippen molar-refractivity contribution in [1.29, 1.82) is 0 Å². The van der Waals surface area contributed by atoms with Crippen LogP contribution in [0.25, 0.3) is 55.3 Å². The first-order chi connectivity index (χ1) is 34.0. The second-order valence-corrected chi connectivity index (χ2v) is 22.1. The van der Waals surface area contributed by atoms with E-state index in [9.17, 15) is 0 Å². The van der Waals surface area contributed by atoms with Crippen LogP contribution in [0.5, 0.6) is 0 Å². The molecule has 348 valence electrons. The largest absolute Gasteiger partial charge is 0.456 e. The number of unbranched alkanes of at least 4 members (excludes halogenated alkanes) is 2. The van der Waals surface area contributed by atoms with Crippen LogP contribution in [0.3, 0.4) is 0 Å². The summed E-state index contributed by atoms with van der Waals surface area (Å²) < 4.78 is 6.89. The van der Waals surface area contributed by atoms with Crippen molar-refractivity contribution in [2.45, 2.75) is 118 Å². The molecular weight excluding hydrogens is 848 g/mol. The minimum Gasteiger partial charge on any atom is -0.456 e. The van der Waals surface area contributed by atoms with Crippen molar-refractivity contribution in [3.8, 4) is 33.4 Å². The van der Waals surface area contributed by atoms with Crippen LogP contribution in [-0.2, 0) is 23.7 Å². The average Bonchev–Trinajstić information content (AvgIpc) is 3.76. The lowest BCUT2D eigenvalue weighted by molar-refractivity contribution is 0.332. The van der Waals surface area contributed by atoms with Gasteiger partial charge in [-0.1, -0.05) is 139 Å². The molecule has 0 spiro atoms. The van der Waals surface area contributed by atoms with E-state index in [-0.39, 0.29) is 17.7 Å². The molecule has 3 heterocycles. The first-order valence-corrected chi connectivity index (χ1v) is 26.2. The fraction of sp³-hybridized carbons (Fsp3) is 0.273. The third-order valence-electron chi connectivity index (χ3n) is 16.5. The lowest BCUT2D eigenvalue weighted by Gasteiger charge is -2.48. The number of rotatable bonds is 10. The highest BCUT2D eigenvalue weighted by Gasteiger charge is 2.49. The number of para-hydroxylation sites is 1. The SMILES string of the molecule is CCCCc1ccc(N2B3c4c(cc(-c5c(C)cccc5C)cc4N(c4ccc(CCCC)cc4-c4ccccc4)c4ccc5oc6ccccc6c5c43)-c3cc4c(cc32)C(C)(C)CCC4(C)C)cc1. The van der Waals surface area contributed by atoms with Crippen LogP contribution in [0.1, 0.15) is 113 Å². The van der Waals surface area contributed by atoms with Crippen molar-refractivity contribution in [2.24, 2.45) is 0 Å². The lowest BCUT2D eigenvalue weighted by atomic mass is 9.42. The van der Waals surface area contributed by atoms with E-state index in [1.54, 1.807) is 0 Å². The Morgan fingerprint density at radius 2 is 1.17 bits per heavy atom. The summed E-state index contributed by atoms with van der Waals surface area (Å²) >= 11 is 0. The molecule has 0 radical (unpaired) electrons. The highest BCUT2D eigenvalue weighted by atomic mass is 16.3. The van der Waals surface area contributed by atoms with Crippen LogP contribution < -0.4 is 20.6 Å². The van der Waals surface area contributed by atoms with Crippen LogP contribution >= 0.6 is 0 Å². The van der Waals surface area contributed by atoms with Gasteiger partial charge >= 0.3 is 6.85 Å². The molecule has 0 unspecified atom stereocenters. The molecule has 2 aliphatic heterocycles. The maximum atomic E-state index is 6.89. The first kappa shape index (κ1) is 44.4. The minimum atomic E-state index is -0.177. The zero-order valence-corrected chi connectivity index (χ0v) is 42.5. The van der Waals surface area contributed by atoms with Gasteiger partial charge in [-0.2, -0.15) is 0 Å². The van der Waals surface area contributed by atoms with Gasteiger partial charge in [0, 0.05) is 44.6 Å². The topological polar surface area (TPSA) is 19.6 Å². The number of hydrogen-bond donors (Lipinski definition) is 0. The fourth-order valence-electron chi connectivity index (χ4n) is 12.7. The molecule has 0 fully saturated rings. The predicted octanol–water partition coefficient (Wildman–Crippen LogP) is 17.3. The summed E-state index contributed by atoms with van der Waals surface area (Å²) in [5, 5.41) is 2.34. The summed E-state index contributed by atoms with van der Waals surface area (Å²) in [4.78, 5) is 5.39. The molecule has 0 saturated heterocycles. The molecule has 1 aliphatic carbocycles. The van der Waals surface area contributed by atoms with E-state index in [4.69, 9.17) is 4.42 Å². The maximum Gasteiger partial charge on any atom is 0.333 e. The predicted molar refractivity (Wildman–Crippen MR) is 300 cm³/mol. The maximum absolute atomic E-state index is 6.89. The Bertz CT molecular complexity index is 3480. The summed E-state index contributed by atoms with van der Waals surface area (Å²) in [6, 6.07) is 58.5. The van der Waals surface area contributed by atoms with Gasteiger partial charge < -0.3 is 14.1 Å². The molecule has 8 aromatic carbocycles. The Morgan fingerprint density at radius 3 is 1.90 bits per heavy atom. The molecular formula is C66H65BN2O. The highest BCUT2D eigenvalue weighted by Crippen LogP contribution is 2.55. The van der Waals surface area contributed by atoms with Crippen molar-refractivity contribution < 1.29 is 4.42 Å². The van der Waals surface area contributed by atoms with Crippen molar-refractivity contribution in [2.75, 3.05) is 9.71 Å². The van der Waals surface area contributed by atoms with Crippen molar-refractivity contribution >= 4 is 68.1 Å². The van der Waals surface area contributed by atoms with Gasteiger partial charge in [0.2, 0.25) is 0 Å². The Labute approximate surface area is 416 Å². The smallest absolute Gasteiger partial charge is 0.333 e. The third kappa shape index (κ3) is 7.07. The Hall–Kier alpha value is -6.78. The monoisotopic (exact) mass is 913 g/mol. The van der Waals surface area contributed by atoms with Gasteiger partial charge in [0.05, 0.1) is 5.69 Å². The Morgan fingerprint density at radius 1 is 0.514 bits per heavy atom. The van der Waals surface area contributed by atoms with Gasteiger partial charge in [-0.05, 0) is 196 Å². The van der Waals surface area contributed by atoms with Gasteiger partial charge in [-0.3, -0.25) is 0 Å². The number of anilines is 5. The molecule has 0 amide bonds. The number of aryl methyl sites for hydroxylation is 4. The molecule has 9 aromatic rings. The van der Waals surface area contributed by atoms with Gasteiger partial charge in [0.1, 0.15) is 11.2 Å². The zero-order chi connectivity index (χ0) is 48.1. The third-order valence-corrected chi connectivity index (χ3v) is 16.5. The number of fused-ring (bicyclic) bond motifs is 9. The van der Waals surface area contributed by atoms with Crippen LogP contribution in [0.15, 0.2) is 156 Å². The summed E-state index contributed by atoms with van der Waals surface area (Å²) in [5.41, 5.74) is 26.6. The van der Waals surface area contributed by atoms with E-state index >= 15 is 0 Å². The molecule has 4 heteroatoms. The van der Waals surface area contributed by atoms with E-state index < -0.39 is 0 Å². The summed E-state index contributed by atoms with van der Waals surface area (Å²) in [5.74, 6) is 0. The van der Waals surface area contributed by atoms with Gasteiger partial charge in [0.15, 0.2) is 0 Å². The average molecular weight is 913 g/mol. The zero-order valence-electron chi connectivity index (χ0n) is 42.5. The van der Waals surface area contributed by atoms with E-state index in [0.717, 1.165) is 55.1 Å². The fourth-order valence-corrected chi connectivity index (χ4v) is 12.7. The molecule has 0 N–H and O–H groups in total. The quantitative estimate of drug-likeness (QED) is 0.127.